The Hall–Kier alpha value is -2.79. The van der Waals surface area contributed by atoms with Crippen molar-refractivity contribution in [3.8, 4) is 0 Å². The van der Waals surface area contributed by atoms with Crippen LogP contribution in [-0.4, -0.2) is 121 Å². The summed E-state index contributed by atoms with van der Waals surface area (Å²) in [5.41, 5.74) is 5.77. The van der Waals surface area contributed by atoms with Crippen molar-refractivity contribution in [1.82, 2.24) is 19.6 Å². The number of piperidine rings is 1. The molecular formula is C19H26N7O7S2+. The van der Waals surface area contributed by atoms with Gasteiger partial charge in [-0.15, -0.1) is 11.8 Å². The maximum atomic E-state index is 13.0. The molecule has 4 rings (SSSR count). The molecule has 1 aromatic heterocycles. The molecule has 14 nitrogen and oxygen atoms in total. The number of β-lactam (4-membered cyclic amide) rings is 1. The van der Waals surface area contributed by atoms with E-state index >= 15 is 0 Å². The van der Waals surface area contributed by atoms with Crippen LogP contribution in [0.15, 0.2) is 16.4 Å². The first-order valence-electron chi connectivity index (χ1n) is 10.7. The number of nitrogens with one attached hydrogen (secondary N) is 1. The van der Waals surface area contributed by atoms with Gasteiger partial charge >= 0.3 is 5.97 Å². The number of nitrogens with zero attached hydrogens (tertiary/aromatic N) is 5. The number of aromatic nitrogens is 2. The number of carboxylic acid groups (broad SMARTS) is 1. The van der Waals surface area contributed by atoms with Crippen LogP contribution in [0, 0.1) is 0 Å². The molecule has 1 aromatic rings. The molecule has 0 saturated carbocycles. The van der Waals surface area contributed by atoms with E-state index in [0.717, 1.165) is 11.5 Å². The Morgan fingerprint density at radius 3 is 2.71 bits per heavy atom. The molecule has 2 unspecified atom stereocenters. The molecular weight excluding hydrogens is 502 g/mol. The maximum absolute atomic E-state index is 13.0. The van der Waals surface area contributed by atoms with Gasteiger partial charge in [0.1, 0.15) is 43.4 Å². The second-order valence-electron chi connectivity index (χ2n) is 8.80. The molecule has 0 radical (unpaired) electrons. The molecule has 2 fully saturated rings. The molecule has 3 aliphatic rings. The first-order chi connectivity index (χ1) is 16.5. The minimum absolute atomic E-state index is 0.0500. The van der Waals surface area contributed by atoms with Crippen molar-refractivity contribution >= 4 is 51.9 Å². The molecule has 3 aliphatic heterocycles. The summed E-state index contributed by atoms with van der Waals surface area (Å²) in [5.74, 6) is -2.28. The normalized spacial score (nSPS) is 31.0. The second kappa shape index (κ2) is 9.69. The maximum Gasteiger partial charge on any atom is 0.352 e. The largest absolute Gasteiger partial charge is 0.477 e. The average molecular weight is 529 g/mol. The Bertz CT molecular complexity index is 1110. The van der Waals surface area contributed by atoms with Crippen molar-refractivity contribution in [2.45, 2.75) is 30.0 Å². The fraction of sp³-hybridized carbons (Fsp3) is 0.579. The second-order valence-corrected chi connectivity index (χ2v) is 10.7. The van der Waals surface area contributed by atoms with Gasteiger partial charge < -0.3 is 35.7 Å². The zero-order chi connectivity index (χ0) is 25.5. The summed E-state index contributed by atoms with van der Waals surface area (Å²) in [6, 6.07) is -0.974. The van der Waals surface area contributed by atoms with Crippen LogP contribution < -0.4 is 11.1 Å². The van der Waals surface area contributed by atoms with Gasteiger partial charge in [0, 0.05) is 29.3 Å². The van der Waals surface area contributed by atoms with Crippen molar-refractivity contribution in [3.05, 3.63) is 17.1 Å². The number of likely N-dealkylation sites (tertiary alicyclic amines) is 1. The molecule has 0 aromatic carbocycles. The van der Waals surface area contributed by atoms with Gasteiger partial charge in [-0.25, -0.2) is 4.79 Å². The molecule has 6 N–H and O–H groups in total. The zero-order valence-corrected chi connectivity index (χ0v) is 20.6. The van der Waals surface area contributed by atoms with Crippen LogP contribution in [-0.2, 0) is 19.2 Å². The number of quaternary nitrogens is 1. The first-order valence-corrected chi connectivity index (χ1v) is 12.5. The van der Waals surface area contributed by atoms with Crippen LogP contribution >= 0.6 is 23.3 Å². The summed E-state index contributed by atoms with van der Waals surface area (Å²) < 4.78 is 4.28. The highest BCUT2D eigenvalue weighted by Gasteiger charge is 2.55. The molecule has 0 spiro atoms. The number of thioether (sulfide) groups is 1. The Morgan fingerprint density at radius 2 is 2.11 bits per heavy atom. The van der Waals surface area contributed by atoms with Gasteiger partial charge in [0.15, 0.2) is 5.13 Å². The standard InChI is InChI=1S/C19H25N7O7S2/c1-26(4-3-9(27)10(28)6-26)5-8-7-34-17-12(16(30)25(17)13(8)18(31)32)21-15(29)11(23-33-2)14-22-19(20)35-24-14/h9-10,12,17,27-28H,3-7H2,1-2H3,(H3-,20,21,22,24,29,31,32)/p+1/b23-11-/t9?,10-,12?,17+,26+/m1/s1. The Kier molecular flexibility index (Phi) is 7.01. The van der Waals surface area contributed by atoms with Gasteiger partial charge in [-0.3, -0.25) is 14.5 Å². The van der Waals surface area contributed by atoms with E-state index in [2.05, 4.69) is 19.8 Å². The number of likely N-dealkylation sites (N-methyl/N-ethyl adjacent to an activating group) is 1. The Balaban J connectivity index is 1.51. The molecule has 190 valence electrons. The number of aliphatic hydroxyl groups is 2. The highest BCUT2D eigenvalue weighted by Crippen LogP contribution is 2.41. The summed E-state index contributed by atoms with van der Waals surface area (Å²) in [6.45, 7) is 1.15. The van der Waals surface area contributed by atoms with E-state index in [1.54, 1.807) is 0 Å². The minimum Gasteiger partial charge on any atom is -0.477 e. The smallest absolute Gasteiger partial charge is 0.352 e. The number of hydrogen-bond acceptors (Lipinski definition) is 12. The number of rotatable bonds is 7. The zero-order valence-electron chi connectivity index (χ0n) is 18.9. The van der Waals surface area contributed by atoms with Gasteiger partial charge in [0.25, 0.3) is 11.8 Å². The number of nitrogens with two attached hydrogens (primary N) is 1. The molecule has 4 heterocycles. The third-order valence-electron chi connectivity index (χ3n) is 6.20. The number of anilines is 1. The van der Waals surface area contributed by atoms with E-state index in [0.29, 0.717) is 35.3 Å². The number of hydrogen-bond donors (Lipinski definition) is 5. The number of carbonyl (C=O) groups excluding carboxylic acids is 2. The van der Waals surface area contributed by atoms with E-state index in [9.17, 15) is 29.7 Å². The quantitative estimate of drug-likeness (QED) is 0.111. The van der Waals surface area contributed by atoms with Crippen LogP contribution in [0.5, 0.6) is 0 Å². The van der Waals surface area contributed by atoms with Crippen LogP contribution in [0.3, 0.4) is 0 Å². The Morgan fingerprint density at radius 1 is 1.37 bits per heavy atom. The van der Waals surface area contributed by atoms with E-state index in [4.69, 9.17) is 10.6 Å². The summed E-state index contributed by atoms with van der Waals surface area (Å²) in [4.78, 5) is 47.8. The third-order valence-corrected chi connectivity index (χ3v) is 8.08. The fourth-order valence-corrected chi connectivity index (χ4v) is 6.30. The van der Waals surface area contributed by atoms with Crippen molar-refractivity contribution < 1.29 is 39.0 Å². The summed E-state index contributed by atoms with van der Waals surface area (Å²) >= 11 is 2.21. The van der Waals surface area contributed by atoms with Gasteiger partial charge in [0.2, 0.25) is 11.5 Å². The summed E-state index contributed by atoms with van der Waals surface area (Å²) in [7, 11) is 3.13. The number of carbonyl (C=O) groups is 3. The lowest BCUT2D eigenvalue weighted by Crippen LogP contribution is -2.71. The highest BCUT2D eigenvalue weighted by atomic mass is 32.2. The lowest BCUT2D eigenvalue weighted by atomic mass is 9.99. The number of aliphatic hydroxyl groups excluding tert-OH is 2. The number of oxime groups is 1. The first kappa shape index (κ1) is 25.3. The van der Waals surface area contributed by atoms with E-state index in [-0.39, 0.29) is 28.9 Å². The van der Waals surface area contributed by atoms with Gasteiger partial charge in [-0.2, -0.15) is 9.36 Å². The van der Waals surface area contributed by atoms with Crippen LogP contribution in [0.25, 0.3) is 0 Å². The lowest BCUT2D eigenvalue weighted by molar-refractivity contribution is -0.914. The fourth-order valence-electron chi connectivity index (χ4n) is 4.53. The Labute approximate surface area is 208 Å². The van der Waals surface area contributed by atoms with Gasteiger partial charge in [-0.05, 0) is 0 Å². The highest BCUT2D eigenvalue weighted by molar-refractivity contribution is 8.00. The van der Waals surface area contributed by atoms with Crippen molar-refractivity contribution in [2.75, 3.05) is 45.3 Å². The topological polar surface area (TPSA) is 201 Å². The van der Waals surface area contributed by atoms with Crippen molar-refractivity contribution in [1.29, 1.82) is 0 Å². The minimum atomic E-state index is -1.24. The molecule has 2 saturated heterocycles. The number of fused-ring (bicyclic) bond motifs is 1. The predicted molar refractivity (Wildman–Crippen MR) is 125 cm³/mol. The molecule has 0 bridgehead atoms. The van der Waals surface area contributed by atoms with Crippen LogP contribution in [0.1, 0.15) is 12.2 Å². The number of carboxylic acids is 1. The number of aliphatic carboxylic acids is 1. The van der Waals surface area contributed by atoms with Crippen molar-refractivity contribution in [3.63, 3.8) is 0 Å². The molecule has 0 aliphatic carbocycles. The molecule has 16 heteroatoms. The van der Waals surface area contributed by atoms with E-state index in [1.165, 1.54) is 23.8 Å². The van der Waals surface area contributed by atoms with Gasteiger partial charge in [-0.1, -0.05) is 5.16 Å². The average Bonchev–Trinajstić information content (AvgIpc) is 3.23. The van der Waals surface area contributed by atoms with E-state index < -0.39 is 41.4 Å². The summed E-state index contributed by atoms with van der Waals surface area (Å²) in [6.07, 6.45) is -1.31. The predicted octanol–water partition coefficient (Wildman–Crippen LogP) is -2.22. The number of amides is 2. The summed E-state index contributed by atoms with van der Waals surface area (Å²) in [5, 5.41) is 35.6. The third kappa shape index (κ3) is 4.84. The van der Waals surface area contributed by atoms with Crippen LogP contribution in [0.4, 0.5) is 5.13 Å². The van der Waals surface area contributed by atoms with Gasteiger partial charge in [0.05, 0.1) is 19.7 Å². The van der Waals surface area contributed by atoms with Crippen LogP contribution in [0.2, 0.25) is 0 Å². The number of nitrogen functional groups attached to an aromatic ring is 1. The molecule has 35 heavy (non-hydrogen) atoms. The molecule has 5 atom stereocenters. The molecule has 2 amide bonds. The van der Waals surface area contributed by atoms with Crippen molar-refractivity contribution in [2.24, 2.45) is 5.16 Å². The lowest BCUT2D eigenvalue weighted by Gasteiger charge is -2.50. The SMILES string of the molecule is CO/N=C(\C(=O)NC1C(=O)N2C(C(=O)O)=C(C[N@+]3(C)CCC(O)[C@H](O)C3)CS[C@@H]12)c1nsc(N)n1. The monoisotopic (exact) mass is 528 g/mol. The van der Waals surface area contributed by atoms with E-state index in [1.807, 2.05) is 7.05 Å².